The minimum atomic E-state index is 0.0416. The Balaban J connectivity index is 2.12. The largest absolute Gasteiger partial charge is 0.496 e. The minimum Gasteiger partial charge on any atom is -0.496 e. The Bertz CT molecular complexity index is 855. The molecule has 0 fully saturated rings. The maximum atomic E-state index is 11.5. The normalized spacial score (nSPS) is 10.9. The molecule has 4 nitrogen and oxygen atoms in total. The lowest BCUT2D eigenvalue weighted by Gasteiger charge is -2.07. The summed E-state index contributed by atoms with van der Waals surface area (Å²) in [6.07, 6.45) is 2.03. The van der Waals surface area contributed by atoms with Gasteiger partial charge in [0.2, 0.25) is 0 Å². The number of methoxy groups -OCH3 is 1. The molecular formula is C17H16N2O2S. The van der Waals surface area contributed by atoms with Gasteiger partial charge in [-0.15, -0.1) is 11.8 Å². The molecule has 0 bridgehead atoms. The fourth-order valence-electron chi connectivity index (χ4n) is 2.35. The summed E-state index contributed by atoms with van der Waals surface area (Å²) in [7, 11) is 1.65. The average molecular weight is 312 g/mol. The Morgan fingerprint density at radius 3 is 2.73 bits per heavy atom. The van der Waals surface area contributed by atoms with Crippen molar-refractivity contribution in [2.45, 2.75) is 11.8 Å². The van der Waals surface area contributed by atoms with E-state index in [0.29, 0.717) is 5.56 Å². The molecule has 1 aromatic heterocycles. The lowest BCUT2D eigenvalue weighted by atomic mass is 10.1. The smallest absolute Gasteiger partial charge is 0.159 e. The standard InChI is InChI=1S/C17H16N2O2S/c1-10(20)11-4-7-14-15(8-11)19-17(18-14)13-6-5-12(22-3)9-16(13)21-2/h4-9H,1-3H3,(H,18,19). The zero-order valence-corrected chi connectivity index (χ0v) is 13.5. The van der Waals surface area contributed by atoms with Crippen LogP contribution in [0, 0.1) is 0 Å². The van der Waals surface area contributed by atoms with Crippen LogP contribution in [-0.4, -0.2) is 29.1 Å². The van der Waals surface area contributed by atoms with E-state index in [1.54, 1.807) is 31.9 Å². The molecule has 112 valence electrons. The Kier molecular flexibility index (Phi) is 3.90. The van der Waals surface area contributed by atoms with Crippen LogP contribution >= 0.6 is 11.8 Å². The predicted octanol–water partition coefficient (Wildman–Crippen LogP) is 4.16. The number of Topliss-reactive ketones (excluding diaryl/α,β-unsaturated/α-hetero) is 1. The molecule has 2 aromatic carbocycles. The van der Waals surface area contributed by atoms with Crippen LogP contribution in [0.15, 0.2) is 41.3 Å². The number of imidazole rings is 1. The Morgan fingerprint density at radius 1 is 1.23 bits per heavy atom. The van der Waals surface area contributed by atoms with Crippen LogP contribution in [0.2, 0.25) is 0 Å². The van der Waals surface area contributed by atoms with E-state index in [1.165, 1.54) is 0 Å². The molecule has 0 aliphatic carbocycles. The predicted molar refractivity (Wildman–Crippen MR) is 89.9 cm³/mol. The van der Waals surface area contributed by atoms with Crippen molar-refractivity contribution in [1.82, 2.24) is 9.97 Å². The van der Waals surface area contributed by atoms with E-state index in [4.69, 9.17) is 4.74 Å². The molecule has 3 aromatic rings. The minimum absolute atomic E-state index is 0.0416. The summed E-state index contributed by atoms with van der Waals surface area (Å²) < 4.78 is 5.47. The van der Waals surface area contributed by atoms with E-state index in [0.717, 1.165) is 33.1 Å². The molecule has 0 saturated carbocycles. The van der Waals surface area contributed by atoms with Crippen LogP contribution in [0.5, 0.6) is 5.75 Å². The number of hydrogen-bond donors (Lipinski definition) is 1. The first-order valence-corrected chi connectivity index (χ1v) is 8.08. The Labute approximate surface area is 132 Å². The van der Waals surface area contributed by atoms with Crippen LogP contribution in [0.25, 0.3) is 22.4 Å². The zero-order chi connectivity index (χ0) is 15.7. The van der Waals surface area contributed by atoms with E-state index in [9.17, 15) is 4.79 Å². The number of aromatic nitrogens is 2. The number of carbonyl (C=O) groups excluding carboxylic acids is 1. The van der Waals surface area contributed by atoms with E-state index in [-0.39, 0.29) is 5.78 Å². The van der Waals surface area contributed by atoms with Crippen molar-refractivity contribution >= 4 is 28.6 Å². The van der Waals surface area contributed by atoms with Crippen molar-refractivity contribution in [3.63, 3.8) is 0 Å². The van der Waals surface area contributed by atoms with E-state index in [2.05, 4.69) is 9.97 Å². The van der Waals surface area contributed by atoms with Crippen LogP contribution in [0.3, 0.4) is 0 Å². The monoisotopic (exact) mass is 312 g/mol. The third-order valence-corrected chi connectivity index (χ3v) is 4.28. The first kappa shape index (κ1) is 14.7. The third kappa shape index (κ3) is 2.60. The highest BCUT2D eigenvalue weighted by Gasteiger charge is 2.12. The number of ether oxygens (including phenoxy) is 1. The summed E-state index contributed by atoms with van der Waals surface area (Å²) in [5, 5.41) is 0. The van der Waals surface area contributed by atoms with Gasteiger partial charge in [-0.1, -0.05) is 0 Å². The maximum absolute atomic E-state index is 11.5. The number of fused-ring (bicyclic) bond motifs is 1. The first-order chi connectivity index (χ1) is 10.6. The topological polar surface area (TPSA) is 55.0 Å². The second kappa shape index (κ2) is 5.85. The van der Waals surface area contributed by atoms with Gasteiger partial charge in [0.05, 0.1) is 23.7 Å². The summed E-state index contributed by atoms with van der Waals surface area (Å²) in [4.78, 5) is 20.5. The highest BCUT2D eigenvalue weighted by molar-refractivity contribution is 7.98. The molecule has 0 atom stereocenters. The average Bonchev–Trinajstić information content (AvgIpc) is 2.96. The number of carbonyl (C=O) groups is 1. The molecule has 0 amide bonds. The van der Waals surface area contributed by atoms with Crippen molar-refractivity contribution in [3.8, 4) is 17.1 Å². The molecule has 3 rings (SSSR count). The van der Waals surface area contributed by atoms with Gasteiger partial charge in [-0.3, -0.25) is 4.79 Å². The summed E-state index contributed by atoms with van der Waals surface area (Å²) in [6.45, 7) is 1.56. The van der Waals surface area contributed by atoms with E-state index in [1.807, 2.05) is 36.6 Å². The van der Waals surface area contributed by atoms with Gasteiger partial charge in [0, 0.05) is 10.5 Å². The van der Waals surface area contributed by atoms with Gasteiger partial charge >= 0.3 is 0 Å². The number of thioether (sulfide) groups is 1. The van der Waals surface area contributed by atoms with Crippen molar-refractivity contribution in [1.29, 1.82) is 0 Å². The van der Waals surface area contributed by atoms with Crippen molar-refractivity contribution in [3.05, 3.63) is 42.0 Å². The number of rotatable bonds is 4. The molecule has 0 saturated heterocycles. The van der Waals surface area contributed by atoms with Gasteiger partial charge < -0.3 is 9.72 Å². The van der Waals surface area contributed by atoms with E-state index >= 15 is 0 Å². The van der Waals surface area contributed by atoms with Gasteiger partial charge in [0.25, 0.3) is 0 Å². The van der Waals surface area contributed by atoms with Crippen LogP contribution in [0.1, 0.15) is 17.3 Å². The Morgan fingerprint density at radius 2 is 2.05 bits per heavy atom. The van der Waals surface area contributed by atoms with Gasteiger partial charge in [0.15, 0.2) is 5.78 Å². The van der Waals surface area contributed by atoms with Gasteiger partial charge in [-0.2, -0.15) is 0 Å². The fraction of sp³-hybridized carbons (Fsp3) is 0.176. The lowest BCUT2D eigenvalue weighted by Crippen LogP contribution is -1.90. The van der Waals surface area contributed by atoms with Crippen molar-refractivity contribution in [2.75, 3.05) is 13.4 Å². The van der Waals surface area contributed by atoms with Crippen LogP contribution < -0.4 is 4.74 Å². The molecule has 22 heavy (non-hydrogen) atoms. The molecular weight excluding hydrogens is 296 g/mol. The maximum Gasteiger partial charge on any atom is 0.159 e. The Hall–Kier alpha value is -2.27. The quantitative estimate of drug-likeness (QED) is 0.580. The molecule has 1 heterocycles. The summed E-state index contributed by atoms with van der Waals surface area (Å²) in [5.74, 6) is 1.55. The van der Waals surface area contributed by atoms with Gasteiger partial charge in [-0.25, -0.2) is 4.98 Å². The third-order valence-electron chi connectivity index (χ3n) is 3.55. The van der Waals surface area contributed by atoms with E-state index < -0.39 is 0 Å². The number of nitrogens with one attached hydrogen (secondary N) is 1. The summed E-state index contributed by atoms with van der Waals surface area (Å²) in [6, 6.07) is 11.5. The second-order valence-corrected chi connectivity index (χ2v) is 5.82. The van der Waals surface area contributed by atoms with Crippen molar-refractivity contribution < 1.29 is 9.53 Å². The summed E-state index contributed by atoms with van der Waals surface area (Å²) in [5.41, 5.74) is 3.25. The molecule has 0 aliphatic heterocycles. The highest BCUT2D eigenvalue weighted by Crippen LogP contribution is 2.32. The number of benzene rings is 2. The molecule has 0 spiro atoms. The second-order valence-electron chi connectivity index (χ2n) is 4.94. The van der Waals surface area contributed by atoms with Gasteiger partial charge in [-0.05, 0) is 49.6 Å². The molecule has 5 heteroatoms. The van der Waals surface area contributed by atoms with Crippen LogP contribution in [0.4, 0.5) is 0 Å². The highest BCUT2D eigenvalue weighted by atomic mass is 32.2. The number of aromatic amines is 1. The van der Waals surface area contributed by atoms with Crippen LogP contribution in [-0.2, 0) is 0 Å². The number of nitrogens with zero attached hydrogens (tertiary/aromatic N) is 1. The number of H-pyrrole nitrogens is 1. The fourth-order valence-corrected chi connectivity index (χ4v) is 2.78. The summed E-state index contributed by atoms with van der Waals surface area (Å²) >= 11 is 1.66. The SMILES string of the molecule is COc1cc(SC)ccc1-c1nc2ccc(C(C)=O)cc2[nH]1. The molecule has 0 radical (unpaired) electrons. The van der Waals surface area contributed by atoms with Gasteiger partial charge in [0.1, 0.15) is 11.6 Å². The first-order valence-electron chi connectivity index (χ1n) is 6.85. The molecule has 0 unspecified atom stereocenters. The number of ketones is 1. The van der Waals surface area contributed by atoms with Crippen molar-refractivity contribution in [2.24, 2.45) is 0 Å². The lowest BCUT2D eigenvalue weighted by molar-refractivity contribution is 0.101. The zero-order valence-electron chi connectivity index (χ0n) is 12.6. The molecule has 1 N–H and O–H groups in total. The number of hydrogen-bond acceptors (Lipinski definition) is 4. The molecule has 0 aliphatic rings.